The summed E-state index contributed by atoms with van der Waals surface area (Å²) in [4.78, 5) is 12.0. The van der Waals surface area contributed by atoms with Crippen molar-refractivity contribution in [2.24, 2.45) is 5.10 Å². The molecule has 6 heteroatoms. The normalized spacial score (nSPS) is 10.7. The molecule has 0 aliphatic heterocycles. The van der Waals surface area contributed by atoms with Gasteiger partial charge < -0.3 is 14.8 Å². The lowest BCUT2D eigenvalue weighted by molar-refractivity contribution is -0.119. The lowest BCUT2D eigenvalue weighted by Crippen LogP contribution is -2.25. The predicted molar refractivity (Wildman–Crippen MR) is 108 cm³/mol. The largest absolute Gasteiger partial charge is 0.497 e. The smallest absolute Gasteiger partial charge is 0.259 e. The molecule has 0 aliphatic rings. The number of benzene rings is 3. The molecular formula is C21H21N3O3. The number of methoxy groups -OCH3 is 2. The van der Waals surface area contributed by atoms with Crippen LogP contribution in [-0.2, 0) is 4.79 Å². The van der Waals surface area contributed by atoms with Gasteiger partial charge in [0.25, 0.3) is 5.91 Å². The van der Waals surface area contributed by atoms with Crippen molar-refractivity contribution in [1.29, 1.82) is 0 Å². The third-order valence-corrected chi connectivity index (χ3v) is 4.08. The minimum Gasteiger partial charge on any atom is -0.497 e. The third-order valence-electron chi connectivity index (χ3n) is 4.08. The second-order valence-corrected chi connectivity index (χ2v) is 5.78. The standard InChI is InChI=1S/C21H21N3O3/c1-26-17-10-8-16(9-11-17)22-14-21(25)24-23-13-19-18-6-4-3-5-15(18)7-12-20(19)27-2/h3-13,22H,14H2,1-2H3,(H,24,25). The Labute approximate surface area is 157 Å². The Hall–Kier alpha value is -3.54. The molecule has 0 bridgehead atoms. The van der Waals surface area contributed by atoms with E-state index in [1.807, 2.05) is 60.7 Å². The van der Waals surface area contributed by atoms with E-state index in [-0.39, 0.29) is 12.5 Å². The molecule has 138 valence electrons. The van der Waals surface area contributed by atoms with Gasteiger partial charge in [0, 0.05) is 11.3 Å². The second kappa shape index (κ2) is 8.71. The number of hydrogen-bond donors (Lipinski definition) is 2. The Bertz CT molecular complexity index is 953. The molecule has 6 nitrogen and oxygen atoms in total. The van der Waals surface area contributed by atoms with E-state index in [0.717, 1.165) is 27.8 Å². The SMILES string of the molecule is COc1ccc(NCC(=O)NN=Cc2c(OC)ccc3ccccc23)cc1. The number of nitrogens with zero attached hydrogens (tertiary/aromatic N) is 1. The molecular weight excluding hydrogens is 342 g/mol. The van der Waals surface area contributed by atoms with E-state index in [1.54, 1.807) is 20.4 Å². The van der Waals surface area contributed by atoms with Crippen LogP contribution in [0.15, 0.2) is 65.8 Å². The van der Waals surface area contributed by atoms with Gasteiger partial charge in [-0.3, -0.25) is 4.79 Å². The number of rotatable bonds is 7. The van der Waals surface area contributed by atoms with Gasteiger partial charge in [0.2, 0.25) is 0 Å². The van der Waals surface area contributed by atoms with Gasteiger partial charge in [-0.25, -0.2) is 5.43 Å². The summed E-state index contributed by atoms with van der Waals surface area (Å²) >= 11 is 0. The molecule has 0 unspecified atom stereocenters. The first kappa shape index (κ1) is 18.3. The fourth-order valence-electron chi connectivity index (χ4n) is 2.69. The monoisotopic (exact) mass is 363 g/mol. The fraction of sp³-hybridized carbons (Fsp3) is 0.143. The quantitative estimate of drug-likeness (QED) is 0.498. The van der Waals surface area contributed by atoms with Crippen molar-refractivity contribution in [1.82, 2.24) is 5.43 Å². The van der Waals surface area contributed by atoms with Gasteiger partial charge in [-0.2, -0.15) is 5.10 Å². The zero-order chi connectivity index (χ0) is 19.1. The molecule has 0 spiro atoms. The first-order valence-corrected chi connectivity index (χ1v) is 8.47. The maximum absolute atomic E-state index is 12.0. The van der Waals surface area contributed by atoms with Gasteiger partial charge >= 0.3 is 0 Å². The number of hydrogen-bond acceptors (Lipinski definition) is 5. The maximum Gasteiger partial charge on any atom is 0.259 e. The Morgan fingerprint density at radius 2 is 1.78 bits per heavy atom. The van der Waals surface area contributed by atoms with Crippen LogP contribution in [0.1, 0.15) is 5.56 Å². The molecule has 0 fully saturated rings. The Morgan fingerprint density at radius 1 is 1.00 bits per heavy atom. The summed E-state index contributed by atoms with van der Waals surface area (Å²) in [5, 5.41) is 9.19. The lowest BCUT2D eigenvalue weighted by atomic mass is 10.0. The van der Waals surface area contributed by atoms with Gasteiger partial charge in [-0.05, 0) is 41.1 Å². The van der Waals surface area contributed by atoms with Crippen LogP contribution in [0.4, 0.5) is 5.69 Å². The number of hydrazone groups is 1. The Morgan fingerprint density at radius 3 is 2.52 bits per heavy atom. The second-order valence-electron chi connectivity index (χ2n) is 5.78. The fourth-order valence-corrected chi connectivity index (χ4v) is 2.69. The summed E-state index contributed by atoms with van der Waals surface area (Å²) in [6, 6.07) is 19.2. The number of nitrogens with one attached hydrogen (secondary N) is 2. The molecule has 0 aromatic heterocycles. The van der Waals surface area contributed by atoms with E-state index in [4.69, 9.17) is 9.47 Å². The number of ether oxygens (including phenoxy) is 2. The van der Waals surface area contributed by atoms with Crippen LogP contribution in [-0.4, -0.2) is 32.9 Å². The number of fused-ring (bicyclic) bond motifs is 1. The Kier molecular flexibility index (Phi) is 5.89. The van der Waals surface area contributed by atoms with Crippen molar-refractivity contribution in [3.8, 4) is 11.5 Å². The third kappa shape index (κ3) is 4.55. The van der Waals surface area contributed by atoms with Crippen molar-refractivity contribution in [2.75, 3.05) is 26.1 Å². The minimum absolute atomic E-state index is 0.107. The topological polar surface area (TPSA) is 72.0 Å². The summed E-state index contributed by atoms with van der Waals surface area (Å²) < 4.78 is 10.5. The molecule has 0 saturated carbocycles. The van der Waals surface area contributed by atoms with Crippen LogP contribution in [0.25, 0.3) is 10.8 Å². The van der Waals surface area contributed by atoms with Crippen LogP contribution < -0.4 is 20.2 Å². The number of anilines is 1. The zero-order valence-corrected chi connectivity index (χ0v) is 15.2. The lowest BCUT2D eigenvalue weighted by Gasteiger charge is -2.09. The molecule has 3 aromatic rings. The molecule has 1 amide bonds. The first-order valence-electron chi connectivity index (χ1n) is 8.47. The molecule has 0 atom stereocenters. The van der Waals surface area contributed by atoms with Crippen molar-refractivity contribution in [3.05, 3.63) is 66.2 Å². The number of amides is 1. The van der Waals surface area contributed by atoms with Gasteiger partial charge in [0.15, 0.2) is 0 Å². The van der Waals surface area contributed by atoms with Gasteiger partial charge in [-0.15, -0.1) is 0 Å². The van der Waals surface area contributed by atoms with Crippen LogP contribution >= 0.6 is 0 Å². The zero-order valence-electron chi connectivity index (χ0n) is 15.2. The van der Waals surface area contributed by atoms with Gasteiger partial charge in [0.05, 0.1) is 27.0 Å². The highest BCUT2D eigenvalue weighted by atomic mass is 16.5. The maximum atomic E-state index is 12.0. The molecule has 0 radical (unpaired) electrons. The van der Waals surface area contributed by atoms with Gasteiger partial charge in [0.1, 0.15) is 11.5 Å². The molecule has 0 saturated heterocycles. The molecule has 3 aromatic carbocycles. The van der Waals surface area contributed by atoms with E-state index in [1.165, 1.54) is 0 Å². The van der Waals surface area contributed by atoms with E-state index < -0.39 is 0 Å². The number of carbonyl (C=O) groups is 1. The summed E-state index contributed by atoms with van der Waals surface area (Å²) in [6.07, 6.45) is 1.60. The molecule has 3 rings (SSSR count). The first-order chi connectivity index (χ1) is 13.2. The number of carbonyl (C=O) groups excluding carboxylic acids is 1. The van der Waals surface area contributed by atoms with Crippen molar-refractivity contribution >= 4 is 28.6 Å². The minimum atomic E-state index is -0.249. The van der Waals surface area contributed by atoms with Crippen LogP contribution in [0.3, 0.4) is 0 Å². The molecule has 0 aliphatic carbocycles. The average Bonchev–Trinajstić information content (AvgIpc) is 2.72. The summed E-state index contributed by atoms with van der Waals surface area (Å²) in [5.41, 5.74) is 4.17. The van der Waals surface area contributed by atoms with E-state index in [0.29, 0.717) is 5.75 Å². The van der Waals surface area contributed by atoms with Gasteiger partial charge in [-0.1, -0.05) is 30.3 Å². The van der Waals surface area contributed by atoms with Crippen LogP contribution in [0, 0.1) is 0 Å². The van der Waals surface area contributed by atoms with Crippen molar-refractivity contribution in [2.45, 2.75) is 0 Å². The highest BCUT2D eigenvalue weighted by Gasteiger charge is 2.06. The molecule has 27 heavy (non-hydrogen) atoms. The van der Waals surface area contributed by atoms with E-state index in [2.05, 4.69) is 15.8 Å². The van der Waals surface area contributed by atoms with E-state index >= 15 is 0 Å². The van der Waals surface area contributed by atoms with Crippen molar-refractivity contribution < 1.29 is 14.3 Å². The highest BCUT2D eigenvalue weighted by molar-refractivity contribution is 6.02. The summed E-state index contributed by atoms with van der Waals surface area (Å²) in [6.45, 7) is 0.107. The predicted octanol–water partition coefficient (Wildman–Crippen LogP) is 3.42. The summed E-state index contributed by atoms with van der Waals surface area (Å²) in [5.74, 6) is 1.21. The van der Waals surface area contributed by atoms with E-state index in [9.17, 15) is 4.79 Å². The van der Waals surface area contributed by atoms with Crippen molar-refractivity contribution in [3.63, 3.8) is 0 Å². The summed E-state index contributed by atoms with van der Waals surface area (Å²) in [7, 11) is 3.22. The Balaban J connectivity index is 1.63. The van der Waals surface area contributed by atoms with Crippen LogP contribution in [0.2, 0.25) is 0 Å². The highest BCUT2D eigenvalue weighted by Crippen LogP contribution is 2.26. The average molecular weight is 363 g/mol. The molecule has 0 heterocycles. The molecule has 2 N–H and O–H groups in total. The van der Waals surface area contributed by atoms with Crippen LogP contribution in [0.5, 0.6) is 11.5 Å².